The topological polar surface area (TPSA) is 102 Å². The van der Waals surface area contributed by atoms with Gasteiger partial charge in [-0.2, -0.15) is 9.97 Å². The molecule has 0 saturated carbocycles. The summed E-state index contributed by atoms with van der Waals surface area (Å²) in [5.41, 5.74) is 5.46. The number of amides is 1. The van der Waals surface area contributed by atoms with Crippen LogP contribution < -0.4 is 21.1 Å². The van der Waals surface area contributed by atoms with E-state index in [9.17, 15) is 4.79 Å². The largest absolute Gasteiger partial charge is 0.481 e. The van der Waals surface area contributed by atoms with Gasteiger partial charge < -0.3 is 21.1 Å². The van der Waals surface area contributed by atoms with Crippen LogP contribution in [0.2, 0.25) is 0 Å². The van der Waals surface area contributed by atoms with Crippen LogP contribution >= 0.6 is 0 Å². The third-order valence-corrected chi connectivity index (χ3v) is 1.73. The van der Waals surface area contributed by atoms with Crippen LogP contribution in [-0.4, -0.2) is 36.1 Å². The molecule has 7 nitrogen and oxygen atoms in total. The number of hydrogen-bond donors (Lipinski definition) is 3. The Kier molecular flexibility index (Phi) is 4.31. The van der Waals surface area contributed by atoms with Crippen molar-refractivity contribution in [2.45, 2.75) is 6.92 Å². The van der Waals surface area contributed by atoms with Crippen molar-refractivity contribution in [2.75, 3.05) is 31.2 Å². The van der Waals surface area contributed by atoms with Crippen molar-refractivity contribution in [3.63, 3.8) is 0 Å². The van der Waals surface area contributed by atoms with Gasteiger partial charge in [0.05, 0.1) is 13.7 Å². The van der Waals surface area contributed by atoms with Crippen LogP contribution in [0.4, 0.5) is 11.8 Å². The fraction of sp³-hybridized carbons (Fsp3) is 0.444. The second-order valence-corrected chi connectivity index (χ2v) is 2.96. The van der Waals surface area contributed by atoms with Gasteiger partial charge in [0.2, 0.25) is 17.7 Å². The molecule has 4 N–H and O–H groups in total. The fourth-order valence-corrected chi connectivity index (χ4v) is 1.07. The number of methoxy groups -OCH3 is 1. The van der Waals surface area contributed by atoms with Gasteiger partial charge in [0.25, 0.3) is 0 Å². The van der Waals surface area contributed by atoms with Crippen LogP contribution in [0.5, 0.6) is 5.88 Å². The average molecular weight is 225 g/mol. The maximum Gasteiger partial charge on any atom is 0.239 e. The van der Waals surface area contributed by atoms with Crippen LogP contribution in [0.3, 0.4) is 0 Å². The van der Waals surface area contributed by atoms with Gasteiger partial charge in [-0.05, 0) is 6.92 Å². The highest BCUT2D eigenvalue weighted by molar-refractivity contribution is 5.80. The molecule has 1 aromatic rings. The number of nitrogens with zero attached hydrogens (tertiary/aromatic N) is 2. The minimum Gasteiger partial charge on any atom is -0.481 e. The van der Waals surface area contributed by atoms with Crippen molar-refractivity contribution in [3.8, 4) is 5.88 Å². The molecule has 0 aliphatic rings. The maximum atomic E-state index is 11.2. The predicted octanol–water partition coefficient (Wildman–Crippen LogP) is -0.385. The number of likely N-dealkylation sites (N-methyl/N-ethyl adjacent to an activating group) is 1. The van der Waals surface area contributed by atoms with Crippen LogP contribution in [-0.2, 0) is 4.79 Å². The van der Waals surface area contributed by atoms with E-state index in [2.05, 4.69) is 20.6 Å². The Hall–Kier alpha value is -2.05. The van der Waals surface area contributed by atoms with Gasteiger partial charge in [-0.25, -0.2) is 0 Å². The van der Waals surface area contributed by atoms with Gasteiger partial charge in [-0.1, -0.05) is 0 Å². The SMILES string of the molecule is CCNC(=O)CNc1cc(OC)nc(N)n1. The number of carbonyl (C=O) groups is 1. The lowest BCUT2D eigenvalue weighted by Gasteiger charge is -2.07. The molecule has 0 unspecified atom stereocenters. The molecule has 1 heterocycles. The molecule has 0 aliphatic heterocycles. The lowest BCUT2D eigenvalue weighted by Crippen LogP contribution is -2.29. The Morgan fingerprint density at radius 2 is 2.31 bits per heavy atom. The highest BCUT2D eigenvalue weighted by atomic mass is 16.5. The lowest BCUT2D eigenvalue weighted by molar-refractivity contribution is -0.119. The number of ether oxygens (including phenoxy) is 1. The minimum absolute atomic E-state index is 0.0951. The zero-order valence-electron chi connectivity index (χ0n) is 9.28. The Morgan fingerprint density at radius 1 is 1.56 bits per heavy atom. The number of aromatic nitrogens is 2. The molecule has 0 atom stereocenters. The first-order chi connectivity index (χ1) is 7.65. The molecule has 7 heteroatoms. The summed E-state index contributed by atoms with van der Waals surface area (Å²) in [6.45, 7) is 2.58. The minimum atomic E-state index is -0.112. The van der Waals surface area contributed by atoms with E-state index in [0.717, 1.165) is 0 Å². The Bertz CT molecular complexity index is 369. The molecule has 0 radical (unpaired) electrons. The second-order valence-electron chi connectivity index (χ2n) is 2.96. The lowest BCUT2D eigenvalue weighted by atomic mass is 10.5. The molecule has 0 saturated heterocycles. The summed E-state index contributed by atoms with van der Waals surface area (Å²) >= 11 is 0. The highest BCUT2D eigenvalue weighted by Crippen LogP contribution is 2.13. The first kappa shape index (κ1) is 12.0. The van der Waals surface area contributed by atoms with E-state index in [1.54, 1.807) is 6.07 Å². The first-order valence-electron chi connectivity index (χ1n) is 4.84. The normalized spacial score (nSPS) is 9.62. The van der Waals surface area contributed by atoms with E-state index in [1.807, 2.05) is 6.92 Å². The van der Waals surface area contributed by atoms with E-state index in [4.69, 9.17) is 10.5 Å². The summed E-state index contributed by atoms with van der Waals surface area (Å²) in [7, 11) is 1.48. The zero-order valence-corrected chi connectivity index (χ0v) is 9.28. The third-order valence-electron chi connectivity index (χ3n) is 1.73. The number of nitrogens with two attached hydrogens (primary N) is 1. The molecular formula is C9H15N5O2. The van der Waals surface area contributed by atoms with Crippen molar-refractivity contribution < 1.29 is 9.53 Å². The molecule has 1 rings (SSSR count). The molecule has 0 aliphatic carbocycles. The maximum absolute atomic E-state index is 11.2. The molecule has 0 spiro atoms. The molecule has 0 fully saturated rings. The standard InChI is InChI=1S/C9H15N5O2/c1-3-11-7(15)5-12-6-4-8(16-2)14-9(10)13-6/h4H,3,5H2,1-2H3,(H,11,15)(H3,10,12,13,14). The fourth-order valence-electron chi connectivity index (χ4n) is 1.07. The quantitative estimate of drug-likeness (QED) is 0.631. The number of carbonyl (C=O) groups excluding carboxylic acids is 1. The summed E-state index contributed by atoms with van der Waals surface area (Å²) in [5.74, 6) is 0.790. The molecule has 16 heavy (non-hydrogen) atoms. The monoisotopic (exact) mass is 225 g/mol. The zero-order chi connectivity index (χ0) is 12.0. The van der Waals surface area contributed by atoms with Gasteiger partial charge in [0.1, 0.15) is 5.82 Å². The summed E-state index contributed by atoms with van der Waals surface area (Å²) in [5, 5.41) is 5.47. The van der Waals surface area contributed by atoms with Crippen molar-refractivity contribution >= 4 is 17.7 Å². The number of nitrogens with one attached hydrogen (secondary N) is 2. The molecule has 1 amide bonds. The summed E-state index contributed by atoms with van der Waals surface area (Å²) in [4.78, 5) is 18.9. The Balaban J connectivity index is 2.59. The smallest absolute Gasteiger partial charge is 0.239 e. The molecule has 0 aromatic carbocycles. The van der Waals surface area contributed by atoms with E-state index in [0.29, 0.717) is 18.2 Å². The van der Waals surface area contributed by atoms with Gasteiger partial charge in [-0.3, -0.25) is 4.79 Å². The van der Waals surface area contributed by atoms with Crippen LogP contribution in [0, 0.1) is 0 Å². The van der Waals surface area contributed by atoms with E-state index < -0.39 is 0 Å². The van der Waals surface area contributed by atoms with Crippen molar-refractivity contribution in [1.82, 2.24) is 15.3 Å². The third kappa shape index (κ3) is 3.60. The summed E-state index contributed by atoms with van der Waals surface area (Å²) in [6.07, 6.45) is 0. The average Bonchev–Trinajstić information content (AvgIpc) is 2.26. The molecule has 0 bridgehead atoms. The summed E-state index contributed by atoms with van der Waals surface area (Å²) in [6, 6.07) is 1.57. The number of nitrogen functional groups attached to an aromatic ring is 1. The van der Waals surface area contributed by atoms with E-state index >= 15 is 0 Å². The first-order valence-corrected chi connectivity index (χ1v) is 4.84. The van der Waals surface area contributed by atoms with Crippen LogP contribution in [0.15, 0.2) is 6.07 Å². The van der Waals surface area contributed by atoms with E-state index in [1.165, 1.54) is 7.11 Å². The van der Waals surface area contributed by atoms with Crippen molar-refractivity contribution in [2.24, 2.45) is 0 Å². The number of hydrogen-bond acceptors (Lipinski definition) is 6. The Morgan fingerprint density at radius 3 is 2.94 bits per heavy atom. The van der Waals surface area contributed by atoms with Crippen molar-refractivity contribution in [3.05, 3.63) is 6.07 Å². The molecular weight excluding hydrogens is 210 g/mol. The summed E-state index contributed by atoms with van der Waals surface area (Å²) < 4.78 is 4.92. The van der Waals surface area contributed by atoms with E-state index in [-0.39, 0.29) is 18.4 Å². The molecule has 1 aromatic heterocycles. The number of anilines is 2. The van der Waals surface area contributed by atoms with Gasteiger partial charge in [-0.15, -0.1) is 0 Å². The van der Waals surface area contributed by atoms with Gasteiger partial charge >= 0.3 is 0 Å². The highest BCUT2D eigenvalue weighted by Gasteiger charge is 2.04. The predicted molar refractivity (Wildman–Crippen MR) is 60.2 cm³/mol. The van der Waals surface area contributed by atoms with Crippen molar-refractivity contribution in [1.29, 1.82) is 0 Å². The molecule has 88 valence electrons. The van der Waals surface area contributed by atoms with Gasteiger partial charge in [0, 0.05) is 12.6 Å². The Labute approximate surface area is 93.4 Å². The van der Waals surface area contributed by atoms with Crippen LogP contribution in [0.25, 0.3) is 0 Å². The van der Waals surface area contributed by atoms with Crippen LogP contribution in [0.1, 0.15) is 6.92 Å². The van der Waals surface area contributed by atoms with Gasteiger partial charge in [0.15, 0.2) is 0 Å². The second kappa shape index (κ2) is 5.74. The number of rotatable bonds is 5.